The first kappa shape index (κ1) is 19.8. The first-order valence-corrected chi connectivity index (χ1v) is 9.82. The van der Waals surface area contributed by atoms with E-state index < -0.39 is 0 Å². The number of H-pyrrole nitrogens is 1. The van der Waals surface area contributed by atoms with Gasteiger partial charge in [-0.2, -0.15) is 16.4 Å². The standard InChI is InChI=1S/C20H21FN4O2S/c1-25(19(26)12-22-20(27)15-8-10-28-13-15)9-2-3-17-11-18(24-23-17)14-4-6-16(21)7-5-14/h4-8,10-11,13H,2-3,9,12H2,1H3,(H,22,27)(H,23,24). The molecule has 2 aromatic heterocycles. The number of hydrogen-bond acceptors (Lipinski definition) is 4. The van der Waals surface area contributed by atoms with Gasteiger partial charge in [0.1, 0.15) is 5.82 Å². The molecule has 0 aliphatic carbocycles. The van der Waals surface area contributed by atoms with Crippen LogP contribution < -0.4 is 5.32 Å². The number of carbonyl (C=O) groups is 2. The van der Waals surface area contributed by atoms with Gasteiger partial charge < -0.3 is 10.2 Å². The summed E-state index contributed by atoms with van der Waals surface area (Å²) in [5.74, 6) is -0.660. The third kappa shape index (κ3) is 5.26. The highest BCUT2D eigenvalue weighted by Gasteiger charge is 2.12. The van der Waals surface area contributed by atoms with Crippen molar-refractivity contribution in [3.05, 3.63) is 64.2 Å². The van der Waals surface area contributed by atoms with Crippen LogP contribution in [-0.2, 0) is 11.2 Å². The average Bonchev–Trinajstić information content (AvgIpc) is 3.38. The molecule has 3 aromatic rings. The Balaban J connectivity index is 1.41. The lowest BCUT2D eigenvalue weighted by atomic mass is 10.1. The number of nitrogens with one attached hydrogen (secondary N) is 2. The van der Waals surface area contributed by atoms with Crippen LogP contribution in [0.25, 0.3) is 11.3 Å². The highest BCUT2D eigenvalue weighted by atomic mass is 32.1. The van der Waals surface area contributed by atoms with E-state index in [1.54, 1.807) is 35.5 Å². The number of aromatic amines is 1. The van der Waals surface area contributed by atoms with E-state index in [1.165, 1.54) is 23.5 Å². The average molecular weight is 400 g/mol. The molecule has 0 radical (unpaired) electrons. The van der Waals surface area contributed by atoms with Crippen LogP contribution in [0.2, 0.25) is 0 Å². The van der Waals surface area contributed by atoms with Crippen LogP contribution in [0.4, 0.5) is 4.39 Å². The van der Waals surface area contributed by atoms with Crippen LogP contribution >= 0.6 is 11.3 Å². The molecule has 2 heterocycles. The minimum absolute atomic E-state index is 0.0239. The van der Waals surface area contributed by atoms with Gasteiger partial charge in [-0.05, 0) is 54.6 Å². The van der Waals surface area contributed by atoms with Gasteiger partial charge in [-0.25, -0.2) is 4.39 Å². The zero-order valence-corrected chi connectivity index (χ0v) is 16.3. The number of amides is 2. The van der Waals surface area contributed by atoms with Crippen molar-refractivity contribution in [2.75, 3.05) is 20.1 Å². The SMILES string of the molecule is CN(CCCc1cc(-c2ccc(F)cc2)n[nH]1)C(=O)CNC(=O)c1ccsc1. The van der Waals surface area contributed by atoms with Crippen LogP contribution in [0.15, 0.2) is 47.2 Å². The summed E-state index contributed by atoms with van der Waals surface area (Å²) in [7, 11) is 1.72. The van der Waals surface area contributed by atoms with Crippen molar-refractivity contribution in [2.24, 2.45) is 0 Å². The van der Waals surface area contributed by atoms with Crippen LogP contribution in [0, 0.1) is 5.82 Å². The molecule has 0 spiro atoms. The number of aromatic nitrogens is 2. The van der Waals surface area contributed by atoms with E-state index in [0.29, 0.717) is 12.1 Å². The molecule has 8 heteroatoms. The van der Waals surface area contributed by atoms with Crippen molar-refractivity contribution in [3.63, 3.8) is 0 Å². The zero-order valence-electron chi connectivity index (χ0n) is 15.4. The predicted molar refractivity (Wildman–Crippen MR) is 107 cm³/mol. The van der Waals surface area contributed by atoms with Gasteiger partial charge in [0.15, 0.2) is 0 Å². The summed E-state index contributed by atoms with van der Waals surface area (Å²) in [6.45, 7) is 0.544. The van der Waals surface area contributed by atoms with E-state index in [-0.39, 0.29) is 24.2 Å². The molecule has 2 amide bonds. The number of carbonyl (C=O) groups excluding carboxylic acids is 2. The molecule has 6 nitrogen and oxygen atoms in total. The maximum atomic E-state index is 13.0. The number of benzene rings is 1. The zero-order chi connectivity index (χ0) is 19.9. The molecular formula is C20H21FN4O2S. The van der Waals surface area contributed by atoms with Gasteiger partial charge in [0.2, 0.25) is 5.91 Å². The van der Waals surface area contributed by atoms with E-state index in [2.05, 4.69) is 15.5 Å². The smallest absolute Gasteiger partial charge is 0.252 e. The van der Waals surface area contributed by atoms with Gasteiger partial charge in [0.05, 0.1) is 12.2 Å². The summed E-state index contributed by atoms with van der Waals surface area (Å²) >= 11 is 1.44. The number of thiophene rings is 1. The first-order chi connectivity index (χ1) is 13.5. The summed E-state index contributed by atoms with van der Waals surface area (Å²) in [6.07, 6.45) is 1.48. The van der Waals surface area contributed by atoms with Crippen LogP contribution in [0.5, 0.6) is 0 Å². The number of rotatable bonds is 8. The maximum absolute atomic E-state index is 13.0. The second kappa shape index (κ2) is 9.27. The summed E-state index contributed by atoms with van der Waals surface area (Å²) in [6, 6.07) is 9.83. The minimum atomic E-state index is -0.279. The molecule has 1 aromatic carbocycles. The predicted octanol–water partition coefficient (Wildman–Crippen LogP) is 3.10. The lowest BCUT2D eigenvalue weighted by Crippen LogP contribution is -2.38. The molecule has 3 rings (SSSR count). The quantitative estimate of drug-likeness (QED) is 0.610. The van der Waals surface area contributed by atoms with Crippen LogP contribution in [-0.4, -0.2) is 47.0 Å². The highest BCUT2D eigenvalue weighted by Crippen LogP contribution is 2.18. The number of hydrogen-bond donors (Lipinski definition) is 2. The fourth-order valence-electron chi connectivity index (χ4n) is 2.68. The minimum Gasteiger partial charge on any atom is -0.344 e. The molecule has 28 heavy (non-hydrogen) atoms. The molecule has 0 saturated heterocycles. The van der Waals surface area contributed by atoms with E-state index in [0.717, 1.165) is 29.8 Å². The van der Waals surface area contributed by atoms with Crippen molar-refractivity contribution in [1.29, 1.82) is 0 Å². The number of nitrogens with zero attached hydrogens (tertiary/aromatic N) is 2. The Bertz CT molecular complexity index is 922. The summed E-state index contributed by atoms with van der Waals surface area (Å²) in [5.41, 5.74) is 3.12. The lowest BCUT2D eigenvalue weighted by molar-refractivity contribution is -0.128. The van der Waals surface area contributed by atoms with Gasteiger partial charge in [-0.3, -0.25) is 14.7 Å². The Morgan fingerprint density at radius 2 is 2.04 bits per heavy atom. The normalized spacial score (nSPS) is 10.6. The molecule has 0 saturated carbocycles. The Kier molecular flexibility index (Phi) is 6.54. The summed E-state index contributed by atoms with van der Waals surface area (Å²) in [5, 5.41) is 13.4. The van der Waals surface area contributed by atoms with Crippen molar-refractivity contribution in [3.8, 4) is 11.3 Å². The molecule has 0 atom stereocenters. The van der Waals surface area contributed by atoms with Gasteiger partial charge in [-0.1, -0.05) is 0 Å². The Morgan fingerprint density at radius 1 is 1.25 bits per heavy atom. The second-order valence-corrected chi connectivity index (χ2v) is 7.18. The summed E-state index contributed by atoms with van der Waals surface area (Å²) in [4.78, 5) is 25.6. The number of halogens is 1. The van der Waals surface area contributed by atoms with Crippen molar-refractivity contribution < 1.29 is 14.0 Å². The summed E-state index contributed by atoms with van der Waals surface area (Å²) < 4.78 is 13.0. The van der Waals surface area contributed by atoms with Crippen molar-refractivity contribution in [1.82, 2.24) is 20.4 Å². The monoisotopic (exact) mass is 400 g/mol. The molecule has 0 unspecified atom stereocenters. The molecule has 0 aliphatic rings. The van der Waals surface area contributed by atoms with Gasteiger partial charge in [0, 0.05) is 35.8 Å². The van der Waals surface area contributed by atoms with Crippen molar-refractivity contribution >= 4 is 23.2 Å². The Hall–Kier alpha value is -3.00. The molecule has 0 aliphatic heterocycles. The first-order valence-electron chi connectivity index (χ1n) is 8.87. The maximum Gasteiger partial charge on any atom is 0.252 e. The second-order valence-electron chi connectivity index (χ2n) is 6.40. The van der Waals surface area contributed by atoms with Crippen molar-refractivity contribution in [2.45, 2.75) is 12.8 Å². The van der Waals surface area contributed by atoms with E-state index in [1.807, 2.05) is 11.4 Å². The fourth-order valence-corrected chi connectivity index (χ4v) is 3.31. The molecular weight excluding hydrogens is 379 g/mol. The molecule has 2 N–H and O–H groups in total. The van der Waals surface area contributed by atoms with Gasteiger partial charge in [0.25, 0.3) is 5.91 Å². The van der Waals surface area contributed by atoms with Gasteiger partial charge >= 0.3 is 0 Å². The third-order valence-corrected chi connectivity index (χ3v) is 5.00. The topological polar surface area (TPSA) is 78.1 Å². The largest absolute Gasteiger partial charge is 0.344 e. The lowest BCUT2D eigenvalue weighted by Gasteiger charge is -2.17. The van der Waals surface area contributed by atoms with E-state index in [9.17, 15) is 14.0 Å². The molecule has 0 bridgehead atoms. The van der Waals surface area contributed by atoms with Gasteiger partial charge in [-0.15, -0.1) is 0 Å². The molecule has 0 fully saturated rings. The van der Waals surface area contributed by atoms with E-state index in [4.69, 9.17) is 0 Å². The van der Waals surface area contributed by atoms with Crippen LogP contribution in [0.1, 0.15) is 22.5 Å². The molecule has 146 valence electrons. The number of likely N-dealkylation sites (N-methyl/N-ethyl adjacent to an activating group) is 1. The third-order valence-electron chi connectivity index (χ3n) is 4.32. The fraction of sp³-hybridized carbons (Fsp3) is 0.250. The highest BCUT2D eigenvalue weighted by molar-refractivity contribution is 7.08. The van der Waals surface area contributed by atoms with Crippen LogP contribution in [0.3, 0.4) is 0 Å². The van der Waals surface area contributed by atoms with E-state index >= 15 is 0 Å². The number of aryl methyl sites for hydroxylation is 1. The Morgan fingerprint density at radius 3 is 2.75 bits per heavy atom. The Labute approximate surface area is 166 Å².